The second kappa shape index (κ2) is 10.4. The quantitative estimate of drug-likeness (QED) is 0.568. The molecule has 1 aliphatic heterocycles. The van der Waals surface area contributed by atoms with E-state index in [-0.39, 0.29) is 24.2 Å². The first kappa shape index (κ1) is 22.7. The lowest BCUT2D eigenvalue weighted by Gasteiger charge is -2.22. The molecule has 0 saturated heterocycles. The first-order valence-electron chi connectivity index (χ1n) is 11.0. The SMILES string of the molecule is CNCCC(Oc1cnc(CN2CCN(C)c3ncccc3C2=O)c(F)c1)c1ccccc1. The minimum Gasteiger partial charge on any atom is -0.484 e. The number of hydrogen-bond acceptors (Lipinski definition) is 6. The summed E-state index contributed by atoms with van der Waals surface area (Å²) in [5.41, 5.74) is 1.73. The summed E-state index contributed by atoms with van der Waals surface area (Å²) in [5, 5.41) is 3.12. The minimum absolute atomic E-state index is 0.0784. The van der Waals surface area contributed by atoms with Gasteiger partial charge in [0.1, 0.15) is 23.5 Å². The maximum absolute atomic E-state index is 15.0. The zero-order valence-corrected chi connectivity index (χ0v) is 18.9. The largest absolute Gasteiger partial charge is 0.484 e. The van der Waals surface area contributed by atoms with Crippen molar-refractivity contribution in [3.63, 3.8) is 0 Å². The third-order valence-corrected chi connectivity index (χ3v) is 5.71. The summed E-state index contributed by atoms with van der Waals surface area (Å²) in [6, 6.07) is 14.7. The number of carbonyl (C=O) groups is 1. The van der Waals surface area contributed by atoms with E-state index in [4.69, 9.17) is 4.74 Å². The number of pyridine rings is 2. The Morgan fingerprint density at radius 2 is 1.97 bits per heavy atom. The topological polar surface area (TPSA) is 70.6 Å². The molecule has 4 rings (SSSR count). The molecule has 2 aromatic heterocycles. The van der Waals surface area contributed by atoms with Gasteiger partial charge in [0.2, 0.25) is 0 Å². The summed E-state index contributed by atoms with van der Waals surface area (Å²) in [6.45, 7) is 1.89. The lowest BCUT2D eigenvalue weighted by atomic mass is 10.1. The van der Waals surface area contributed by atoms with Crippen molar-refractivity contribution in [1.29, 1.82) is 0 Å². The number of ether oxygens (including phenoxy) is 1. The third kappa shape index (κ3) is 5.28. The number of likely N-dealkylation sites (N-methyl/N-ethyl adjacent to an activating group) is 1. The molecule has 1 N–H and O–H groups in total. The number of halogens is 1. The van der Waals surface area contributed by atoms with Crippen LogP contribution in [-0.2, 0) is 6.54 Å². The summed E-state index contributed by atoms with van der Waals surface area (Å²) in [7, 11) is 3.78. The number of carbonyl (C=O) groups excluding carboxylic acids is 1. The number of nitrogens with one attached hydrogen (secondary N) is 1. The van der Waals surface area contributed by atoms with Crippen LogP contribution in [0.25, 0.3) is 0 Å². The molecule has 3 aromatic rings. The van der Waals surface area contributed by atoms with E-state index >= 15 is 0 Å². The molecule has 172 valence electrons. The highest BCUT2D eigenvalue weighted by Crippen LogP contribution is 2.26. The lowest BCUT2D eigenvalue weighted by molar-refractivity contribution is 0.0751. The van der Waals surface area contributed by atoms with Crippen LogP contribution in [0.1, 0.15) is 34.1 Å². The standard InChI is InChI=1S/C25H28FN5O2/c1-27-12-10-23(18-7-4-3-5-8-18)33-19-15-21(26)22(29-16-19)17-31-14-13-30(2)24-20(25(31)32)9-6-11-28-24/h3-9,11,15-16,23,27H,10,12-14,17H2,1-2H3. The average Bonchev–Trinajstić information content (AvgIpc) is 2.96. The van der Waals surface area contributed by atoms with Gasteiger partial charge in [0.15, 0.2) is 0 Å². The number of fused-ring (bicyclic) bond motifs is 1. The molecule has 7 nitrogen and oxygen atoms in total. The molecular weight excluding hydrogens is 421 g/mol. The van der Waals surface area contributed by atoms with Gasteiger partial charge in [-0.1, -0.05) is 30.3 Å². The van der Waals surface area contributed by atoms with Gasteiger partial charge in [0, 0.05) is 38.8 Å². The predicted octanol–water partition coefficient (Wildman–Crippen LogP) is 3.44. The Kier molecular flexibility index (Phi) is 7.14. The number of anilines is 1. The van der Waals surface area contributed by atoms with Crippen LogP contribution in [0.3, 0.4) is 0 Å². The van der Waals surface area contributed by atoms with Gasteiger partial charge in [-0.15, -0.1) is 0 Å². The monoisotopic (exact) mass is 449 g/mol. The van der Waals surface area contributed by atoms with Gasteiger partial charge >= 0.3 is 0 Å². The molecule has 1 aliphatic rings. The van der Waals surface area contributed by atoms with Crippen LogP contribution < -0.4 is 15.0 Å². The van der Waals surface area contributed by atoms with Crippen molar-refractivity contribution in [1.82, 2.24) is 20.2 Å². The van der Waals surface area contributed by atoms with Crippen LogP contribution in [0, 0.1) is 5.82 Å². The number of benzene rings is 1. The average molecular weight is 450 g/mol. The van der Waals surface area contributed by atoms with Gasteiger partial charge in [0.05, 0.1) is 24.0 Å². The molecule has 0 aliphatic carbocycles. The van der Waals surface area contributed by atoms with E-state index in [1.54, 1.807) is 23.2 Å². The number of amides is 1. The fourth-order valence-electron chi connectivity index (χ4n) is 3.88. The summed E-state index contributed by atoms with van der Waals surface area (Å²) in [5.74, 6) is 0.318. The van der Waals surface area contributed by atoms with Crippen LogP contribution in [0.4, 0.5) is 10.2 Å². The Bertz CT molecular complexity index is 1100. The molecule has 1 unspecified atom stereocenters. The second-order valence-electron chi connectivity index (χ2n) is 8.03. The zero-order chi connectivity index (χ0) is 23.2. The summed E-state index contributed by atoms with van der Waals surface area (Å²) < 4.78 is 21.1. The highest BCUT2D eigenvalue weighted by molar-refractivity contribution is 5.99. The normalized spacial score (nSPS) is 14.6. The summed E-state index contributed by atoms with van der Waals surface area (Å²) in [6.07, 6.45) is 3.69. The summed E-state index contributed by atoms with van der Waals surface area (Å²) in [4.78, 5) is 25.2. The molecule has 1 amide bonds. The second-order valence-corrected chi connectivity index (χ2v) is 8.03. The van der Waals surface area contributed by atoms with E-state index in [1.165, 1.54) is 12.3 Å². The van der Waals surface area contributed by atoms with E-state index < -0.39 is 5.82 Å². The molecule has 1 atom stereocenters. The van der Waals surface area contributed by atoms with Gasteiger partial charge in [-0.2, -0.15) is 0 Å². The Morgan fingerprint density at radius 3 is 2.73 bits per heavy atom. The summed E-state index contributed by atoms with van der Waals surface area (Å²) >= 11 is 0. The van der Waals surface area contributed by atoms with Gasteiger partial charge in [-0.05, 0) is 31.3 Å². The number of hydrogen-bond donors (Lipinski definition) is 1. The smallest absolute Gasteiger partial charge is 0.258 e. The molecule has 33 heavy (non-hydrogen) atoms. The van der Waals surface area contributed by atoms with E-state index in [9.17, 15) is 9.18 Å². The van der Waals surface area contributed by atoms with Crippen LogP contribution >= 0.6 is 0 Å². The molecular formula is C25H28FN5O2. The molecule has 3 heterocycles. The molecule has 0 saturated carbocycles. The van der Waals surface area contributed by atoms with Gasteiger partial charge in [-0.3, -0.25) is 9.78 Å². The Balaban J connectivity index is 1.50. The van der Waals surface area contributed by atoms with Gasteiger partial charge in [0.25, 0.3) is 5.91 Å². The number of rotatable bonds is 8. The molecule has 0 radical (unpaired) electrons. The molecule has 8 heteroatoms. The lowest BCUT2D eigenvalue weighted by Crippen LogP contribution is -2.33. The van der Waals surface area contributed by atoms with Gasteiger partial charge < -0.3 is 19.9 Å². The van der Waals surface area contributed by atoms with Crippen molar-refractivity contribution in [3.8, 4) is 5.75 Å². The van der Waals surface area contributed by atoms with E-state index in [0.717, 1.165) is 18.5 Å². The van der Waals surface area contributed by atoms with Crippen molar-refractivity contribution in [2.45, 2.75) is 19.1 Å². The minimum atomic E-state index is -0.496. The highest BCUT2D eigenvalue weighted by atomic mass is 19.1. The molecule has 0 fully saturated rings. The van der Waals surface area contributed by atoms with E-state index in [1.807, 2.05) is 49.3 Å². The Labute approximate surface area is 193 Å². The van der Waals surface area contributed by atoms with Crippen LogP contribution in [-0.4, -0.2) is 54.5 Å². The predicted molar refractivity (Wildman–Crippen MR) is 125 cm³/mol. The van der Waals surface area contributed by atoms with Crippen molar-refractivity contribution in [2.75, 3.05) is 38.6 Å². The fourth-order valence-corrected chi connectivity index (χ4v) is 3.88. The Hall–Kier alpha value is -3.52. The first-order chi connectivity index (χ1) is 16.1. The van der Waals surface area contributed by atoms with Crippen LogP contribution in [0.2, 0.25) is 0 Å². The molecule has 0 spiro atoms. The van der Waals surface area contributed by atoms with Crippen molar-refractivity contribution >= 4 is 11.7 Å². The fraction of sp³-hybridized carbons (Fsp3) is 0.320. The van der Waals surface area contributed by atoms with Crippen LogP contribution in [0.5, 0.6) is 5.75 Å². The van der Waals surface area contributed by atoms with Gasteiger partial charge in [-0.25, -0.2) is 9.37 Å². The van der Waals surface area contributed by atoms with E-state index in [0.29, 0.717) is 30.2 Å². The maximum Gasteiger partial charge on any atom is 0.258 e. The van der Waals surface area contributed by atoms with E-state index in [2.05, 4.69) is 15.3 Å². The number of nitrogens with zero attached hydrogens (tertiary/aromatic N) is 4. The molecule has 0 bridgehead atoms. The highest BCUT2D eigenvalue weighted by Gasteiger charge is 2.27. The Morgan fingerprint density at radius 1 is 1.15 bits per heavy atom. The van der Waals surface area contributed by atoms with Crippen molar-refractivity contribution < 1.29 is 13.9 Å². The van der Waals surface area contributed by atoms with Crippen molar-refractivity contribution in [3.05, 3.63) is 83.6 Å². The number of aromatic nitrogens is 2. The maximum atomic E-state index is 15.0. The first-order valence-corrected chi connectivity index (χ1v) is 11.0. The zero-order valence-electron chi connectivity index (χ0n) is 18.9. The van der Waals surface area contributed by atoms with Crippen LogP contribution in [0.15, 0.2) is 60.9 Å². The molecule has 1 aromatic carbocycles. The van der Waals surface area contributed by atoms with Crippen molar-refractivity contribution in [2.24, 2.45) is 0 Å². The third-order valence-electron chi connectivity index (χ3n) is 5.71.